The molecule has 7 aromatic carbocycles. The third-order valence-electron chi connectivity index (χ3n) is 8.48. The standard InChI is InChI=1S/C41H32N4O4/c1-48-37-24-29(42-44-40-31-14-8-6-10-26(31)16-22-35(40)46)18-20-33(37)39(28-12-4-3-5-13-28)34-21-19-30(25-38(34)49-2)43-45-41-32-15-9-7-11-27(32)17-23-36(41)47/h3-25,39,46-47H,1-2H3. The van der Waals surface area contributed by atoms with Gasteiger partial charge in [-0.3, -0.25) is 0 Å². The van der Waals surface area contributed by atoms with E-state index in [9.17, 15) is 10.2 Å². The molecule has 49 heavy (non-hydrogen) atoms. The molecule has 0 saturated heterocycles. The van der Waals surface area contributed by atoms with Crippen LogP contribution in [0.1, 0.15) is 22.6 Å². The number of hydrogen-bond donors (Lipinski definition) is 2. The number of methoxy groups -OCH3 is 2. The topological polar surface area (TPSA) is 108 Å². The number of ether oxygens (including phenoxy) is 2. The van der Waals surface area contributed by atoms with Crippen molar-refractivity contribution in [3.63, 3.8) is 0 Å². The highest BCUT2D eigenvalue weighted by atomic mass is 16.5. The van der Waals surface area contributed by atoms with Crippen molar-refractivity contribution in [3.05, 3.63) is 156 Å². The van der Waals surface area contributed by atoms with E-state index in [0.29, 0.717) is 34.2 Å². The summed E-state index contributed by atoms with van der Waals surface area (Å²) in [6.07, 6.45) is 0. The Labute approximate surface area is 283 Å². The zero-order valence-corrected chi connectivity index (χ0v) is 26.9. The van der Waals surface area contributed by atoms with Crippen LogP contribution in [-0.2, 0) is 0 Å². The summed E-state index contributed by atoms with van der Waals surface area (Å²) in [4.78, 5) is 0. The van der Waals surface area contributed by atoms with Crippen LogP contribution < -0.4 is 9.47 Å². The Hall–Kier alpha value is -6.54. The third kappa shape index (κ3) is 6.27. The lowest BCUT2D eigenvalue weighted by Gasteiger charge is -2.23. The van der Waals surface area contributed by atoms with Crippen LogP contribution in [0.25, 0.3) is 21.5 Å². The highest BCUT2D eigenvalue weighted by molar-refractivity contribution is 5.96. The molecule has 7 aromatic rings. The van der Waals surface area contributed by atoms with Gasteiger partial charge in [0.15, 0.2) is 0 Å². The second-order valence-corrected chi connectivity index (χ2v) is 11.4. The molecule has 0 bridgehead atoms. The fourth-order valence-electron chi connectivity index (χ4n) is 6.09. The minimum atomic E-state index is -0.271. The smallest absolute Gasteiger partial charge is 0.143 e. The van der Waals surface area contributed by atoms with E-state index >= 15 is 0 Å². The number of rotatable bonds is 9. The number of phenolic OH excluding ortho intramolecular Hbond substituents is 2. The molecule has 2 N–H and O–H groups in total. The molecule has 0 fully saturated rings. The molecule has 0 aliphatic rings. The van der Waals surface area contributed by atoms with Gasteiger partial charge >= 0.3 is 0 Å². The van der Waals surface area contributed by atoms with Gasteiger partial charge in [0, 0.05) is 39.9 Å². The second-order valence-electron chi connectivity index (χ2n) is 11.4. The predicted octanol–water partition coefficient (Wildman–Crippen LogP) is 11.4. The van der Waals surface area contributed by atoms with Crippen LogP contribution in [0.2, 0.25) is 0 Å². The summed E-state index contributed by atoms with van der Waals surface area (Å²) < 4.78 is 11.9. The van der Waals surface area contributed by atoms with Crippen molar-refractivity contribution in [3.8, 4) is 23.0 Å². The van der Waals surface area contributed by atoms with Gasteiger partial charge in [-0.2, -0.15) is 10.2 Å². The van der Waals surface area contributed by atoms with Crippen LogP contribution in [0.5, 0.6) is 23.0 Å². The van der Waals surface area contributed by atoms with E-state index in [1.165, 1.54) is 0 Å². The number of benzene rings is 7. The zero-order valence-electron chi connectivity index (χ0n) is 26.9. The van der Waals surface area contributed by atoms with Crippen molar-refractivity contribution in [1.29, 1.82) is 0 Å². The van der Waals surface area contributed by atoms with Crippen molar-refractivity contribution >= 4 is 44.3 Å². The summed E-state index contributed by atoms with van der Waals surface area (Å²) in [5.74, 6) is 1.07. The molecule has 0 spiro atoms. The Morgan fingerprint density at radius 1 is 0.469 bits per heavy atom. The van der Waals surface area contributed by atoms with E-state index in [1.54, 1.807) is 26.4 Å². The molecule has 8 nitrogen and oxygen atoms in total. The Morgan fingerprint density at radius 2 is 0.918 bits per heavy atom. The molecule has 0 aliphatic heterocycles. The summed E-state index contributed by atoms with van der Waals surface area (Å²) >= 11 is 0. The normalized spacial score (nSPS) is 12.2. The largest absolute Gasteiger partial charge is 0.506 e. The average molecular weight is 645 g/mol. The molecular formula is C41H32N4O4. The Bertz CT molecular complexity index is 2210. The number of aromatic hydroxyl groups is 2. The van der Waals surface area contributed by atoms with E-state index in [2.05, 4.69) is 32.6 Å². The molecule has 8 heteroatoms. The number of nitrogens with zero attached hydrogens (tertiary/aromatic N) is 4. The van der Waals surface area contributed by atoms with Gasteiger partial charge in [0.05, 0.1) is 25.6 Å². The first-order valence-corrected chi connectivity index (χ1v) is 15.7. The Morgan fingerprint density at radius 3 is 1.39 bits per heavy atom. The monoisotopic (exact) mass is 644 g/mol. The molecule has 0 unspecified atom stereocenters. The zero-order chi connectivity index (χ0) is 33.7. The van der Waals surface area contributed by atoms with Crippen molar-refractivity contribution in [2.45, 2.75) is 5.92 Å². The van der Waals surface area contributed by atoms with Gasteiger partial charge in [0.1, 0.15) is 34.4 Å². The number of azo groups is 2. The maximum absolute atomic E-state index is 10.6. The third-order valence-corrected chi connectivity index (χ3v) is 8.48. The van der Waals surface area contributed by atoms with Gasteiger partial charge in [0.25, 0.3) is 0 Å². The first kappa shape index (κ1) is 31.1. The summed E-state index contributed by atoms with van der Waals surface area (Å²) in [5, 5.41) is 42.5. The lowest BCUT2D eigenvalue weighted by Crippen LogP contribution is -2.07. The van der Waals surface area contributed by atoms with Gasteiger partial charge in [-0.1, -0.05) is 103 Å². The van der Waals surface area contributed by atoms with Crippen molar-refractivity contribution in [2.24, 2.45) is 20.5 Å². The van der Waals surface area contributed by atoms with E-state index in [0.717, 1.165) is 38.2 Å². The van der Waals surface area contributed by atoms with Crippen LogP contribution in [0.15, 0.2) is 160 Å². The molecular weight excluding hydrogens is 612 g/mol. The molecule has 0 amide bonds. The average Bonchev–Trinajstić information content (AvgIpc) is 3.15. The van der Waals surface area contributed by atoms with Gasteiger partial charge in [-0.15, -0.1) is 10.2 Å². The first-order chi connectivity index (χ1) is 24.0. The van der Waals surface area contributed by atoms with Crippen molar-refractivity contribution in [2.75, 3.05) is 14.2 Å². The number of phenols is 2. The van der Waals surface area contributed by atoms with Crippen molar-refractivity contribution in [1.82, 2.24) is 0 Å². The van der Waals surface area contributed by atoms with Gasteiger partial charge < -0.3 is 19.7 Å². The first-order valence-electron chi connectivity index (χ1n) is 15.7. The van der Waals surface area contributed by atoms with Gasteiger partial charge in [-0.05, 0) is 40.6 Å². The minimum Gasteiger partial charge on any atom is -0.506 e. The maximum atomic E-state index is 10.6. The van der Waals surface area contributed by atoms with Gasteiger partial charge in [-0.25, -0.2) is 0 Å². The predicted molar refractivity (Wildman–Crippen MR) is 193 cm³/mol. The van der Waals surface area contributed by atoms with Crippen LogP contribution in [0.4, 0.5) is 22.7 Å². The molecule has 0 radical (unpaired) electrons. The molecule has 0 aromatic heterocycles. The minimum absolute atomic E-state index is 0.0548. The molecule has 0 atom stereocenters. The lowest BCUT2D eigenvalue weighted by atomic mass is 9.84. The van der Waals surface area contributed by atoms with E-state index < -0.39 is 0 Å². The van der Waals surface area contributed by atoms with E-state index in [1.807, 2.05) is 115 Å². The second kappa shape index (κ2) is 13.7. The fourth-order valence-corrected chi connectivity index (χ4v) is 6.09. The highest BCUT2D eigenvalue weighted by Crippen LogP contribution is 2.44. The summed E-state index contributed by atoms with van der Waals surface area (Å²) in [6, 6.07) is 43.9. The summed E-state index contributed by atoms with van der Waals surface area (Å²) in [7, 11) is 3.25. The number of hydrogen-bond acceptors (Lipinski definition) is 8. The molecule has 7 rings (SSSR count). The molecule has 0 aliphatic carbocycles. The Kier molecular flexibility index (Phi) is 8.67. The van der Waals surface area contributed by atoms with E-state index in [4.69, 9.17) is 9.47 Å². The Balaban J connectivity index is 1.26. The molecule has 240 valence electrons. The lowest BCUT2D eigenvalue weighted by molar-refractivity contribution is 0.402. The quantitative estimate of drug-likeness (QED) is 0.120. The molecule has 0 saturated carbocycles. The van der Waals surface area contributed by atoms with Gasteiger partial charge in [0.2, 0.25) is 0 Å². The van der Waals surface area contributed by atoms with Crippen LogP contribution in [0, 0.1) is 0 Å². The van der Waals surface area contributed by atoms with Crippen LogP contribution in [-0.4, -0.2) is 24.4 Å². The van der Waals surface area contributed by atoms with Crippen molar-refractivity contribution < 1.29 is 19.7 Å². The van der Waals surface area contributed by atoms with Crippen LogP contribution in [0.3, 0.4) is 0 Å². The number of fused-ring (bicyclic) bond motifs is 2. The SMILES string of the molecule is COc1cc(N=Nc2c(O)ccc3ccccc23)ccc1C(c1ccccc1)c1ccc(N=Nc2c(O)ccc3ccccc23)cc1OC. The maximum Gasteiger partial charge on any atom is 0.143 e. The summed E-state index contributed by atoms with van der Waals surface area (Å²) in [5.41, 5.74) is 4.77. The highest BCUT2D eigenvalue weighted by Gasteiger charge is 2.24. The summed E-state index contributed by atoms with van der Waals surface area (Å²) in [6.45, 7) is 0. The van der Waals surface area contributed by atoms with Crippen LogP contribution >= 0.6 is 0 Å². The fraction of sp³-hybridized carbons (Fsp3) is 0.0732. The molecule has 0 heterocycles. The van der Waals surface area contributed by atoms with E-state index in [-0.39, 0.29) is 17.4 Å².